The fourth-order valence-corrected chi connectivity index (χ4v) is 3.09. The Balaban J connectivity index is 1.86. The zero-order valence-corrected chi connectivity index (χ0v) is 21.1. The van der Waals surface area contributed by atoms with Gasteiger partial charge in [-0.25, -0.2) is 5.43 Å². The Bertz CT molecular complexity index is 1030. The van der Waals surface area contributed by atoms with Gasteiger partial charge < -0.3 is 20.1 Å². The van der Waals surface area contributed by atoms with Gasteiger partial charge in [0.2, 0.25) is 0 Å². The second-order valence-corrected chi connectivity index (χ2v) is 8.55. The van der Waals surface area contributed by atoms with Crippen LogP contribution < -0.4 is 20.8 Å². The van der Waals surface area contributed by atoms with E-state index in [1.807, 2.05) is 13.8 Å². The number of carbonyl (C=O) groups is 3. The Hall–Kier alpha value is -2.95. The first kappa shape index (κ1) is 27.3. The lowest BCUT2D eigenvalue weighted by atomic mass is 10.2. The third-order valence-corrected chi connectivity index (χ3v) is 4.94. The van der Waals surface area contributed by atoms with E-state index in [4.69, 9.17) is 21.1 Å². The van der Waals surface area contributed by atoms with Crippen molar-refractivity contribution in [3.8, 4) is 5.75 Å². The Kier molecular flexibility index (Phi) is 11.5. The van der Waals surface area contributed by atoms with E-state index in [0.717, 1.165) is 4.47 Å². The highest BCUT2D eigenvalue weighted by Crippen LogP contribution is 2.23. The van der Waals surface area contributed by atoms with Crippen molar-refractivity contribution in [2.45, 2.75) is 26.4 Å². The van der Waals surface area contributed by atoms with Crippen LogP contribution >= 0.6 is 27.5 Å². The molecule has 0 unspecified atom stereocenters. The lowest BCUT2D eigenvalue weighted by Gasteiger charge is -2.11. The summed E-state index contributed by atoms with van der Waals surface area (Å²) in [5.41, 5.74) is 3.12. The third-order valence-electron chi connectivity index (χ3n) is 4.11. The molecule has 0 aromatic heterocycles. The molecule has 34 heavy (non-hydrogen) atoms. The van der Waals surface area contributed by atoms with Crippen LogP contribution in [0.3, 0.4) is 0 Å². The molecule has 0 aliphatic rings. The summed E-state index contributed by atoms with van der Waals surface area (Å²) < 4.78 is 11.7. The standard InChI is InChI=1S/C23H26BrClN4O5/c1-15(2)33-11-5-10-26-22(31)23(32)29-27-13-16-12-17(24)8-9-20(16)34-14-21(30)28-19-7-4-3-6-18(19)25/h3-4,6-9,12-13,15H,5,10-11,14H2,1-2H3,(H,26,31)(H,28,30)(H,29,32)/b27-13-. The smallest absolute Gasteiger partial charge is 0.329 e. The quantitative estimate of drug-likeness (QED) is 0.170. The topological polar surface area (TPSA) is 118 Å². The van der Waals surface area contributed by atoms with Crippen LogP contribution in [0.15, 0.2) is 52.0 Å². The molecule has 0 saturated heterocycles. The third kappa shape index (κ3) is 9.90. The fraction of sp³-hybridized carbons (Fsp3) is 0.304. The van der Waals surface area contributed by atoms with E-state index >= 15 is 0 Å². The highest BCUT2D eigenvalue weighted by atomic mass is 79.9. The number of benzene rings is 2. The number of carbonyl (C=O) groups excluding carboxylic acids is 3. The number of ether oxygens (including phenoxy) is 2. The number of halogens is 2. The number of amides is 3. The van der Waals surface area contributed by atoms with Gasteiger partial charge in [0.15, 0.2) is 6.61 Å². The van der Waals surface area contributed by atoms with Crippen LogP contribution in [-0.2, 0) is 19.1 Å². The summed E-state index contributed by atoms with van der Waals surface area (Å²) in [6.07, 6.45) is 2.01. The van der Waals surface area contributed by atoms with Crippen LogP contribution in [-0.4, -0.2) is 49.8 Å². The van der Waals surface area contributed by atoms with Crippen LogP contribution in [0.1, 0.15) is 25.8 Å². The van der Waals surface area contributed by atoms with Gasteiger partial charge in [-0.05, 0) is 50.6 Å². The minimum Gasteiger partial charge on any atom is -0.483 e. The van der Waals surface area contributed by atoms with Crippen molar-refractivity contribution in [3.63, 3.8) is 0 Å². The van der Waals surface area contributed by atoms with Gasteiger partial charge in [0.25, 0.3) is 5.91 Å². The van der Waals surface area contributed by atoms with E-state index < -0.39 is 17.7 Å². The van der Waals surface area contributed by atoms with Crippen LogP contribution in [0, 0.1) is 0 Å². The molecule has 2 aromatic carbocycles. The average molecular weight is 554 g/mol. The Morgan fingerprint density at radius 2 is 1.91 bits per heavy atom. The summed E-state index contributed by atoms with van der Waals surface area (Å²) in [5.74, 6) is -1.76. The molecule has 11 heteroatoms. The SMILES string of the molecule is CC(C)OCCCNC(=O)C(=O)N/N=C\c1cc(Br)ccc1OCC(=O)Nc1ccccc1Cl. The Morgan fingerprint density at radius 1 is 1.15 bits per heavy atom. The predicted molar refractivity (Wildman–Crippen MR) is 134 cm³/mol. The number of anilines is 1. The molecule has 0 atom stereocenters. The molecule has 0 radical (unpaired) electrons. The van der Waals surface area contributed by atoms with Gasteiger partial charge in [-0.1, -0.05) is 39.7 Å². The summed E-state index contributed by atoms with van der Waals surface area (Å²) in [7, 11) is 0. The molecule has 0 aliphatic carbocycles. The van der Waals surface area contributed by atoms with Gasteiger partial charge in [0.1, 0.15) is 5.75 Å². The van der Waals surface area contributed by atoms with Crippen LogP contribution in [0.25, 0.3) is 0 Å². The fourth-order valence-electron chi connectivity index (χ4n) is 2.53. The molecule has 2 aromatic rings. The maximum atomic E-state index is 12.2. The van der Waals surface area contributed by atoms with Crippen molar-refractivity contribution in [1.82, 2.24) is 10.7 Å². The molecule has 9 nitrogen and oxygen atoms in total. The van der Waals surface area contributed by atoms with E-state index in [2.05, 4.69) is 37.1 Å². The molecule has 0 fully saturated rings. The molecule has 0 aliphatic heterocycles. The Morgan fingerprint density at radius 3 is 2.65 bits per heavy atom. The van der Waals surface area contributed by atoms with Gasteiger partial charge in [-0.15, -0.1) is 0 Å². The summed E-state index contributed by atoms with van der Waals surface area (Å²) in [6.45, 7) is 4.36. The molecular formula is C23H26BrClN4O5. The van der Waals surface area contributed by atoms with Crippen LogP contribution in [0.4, 0.5) is 5.69 Å². The van der Waals surface area contributed by atoms with Crippen LogP contribution in [0.2, 0.25) is 5.02 Å². The minimum absolute atomic E-state index is 0.108. The second kappa shape index (κ2) is 14.3. The molecule has 0 bridgehead atoms. The van der Waals surface area contributed by atoms with Crippen molar-refractivity contribution < 1.29 is 23.9 Å². The lowest BCUT2D eigenvalue weighted by Crippen LogP contribution is -2.38. The van der Waals surface area contributed by atoms with Crippen molar-refractivity contribution in [3.05, 3.63) is 57.5 Å². The monoisotopic (exact) mass is 552 g/mol. The maximum absolute atomic E-state index is 12.2. The summed E-state index contributed by atoms with van der Waals surface area (Å²) in [6, 6.07) is 11.9. The van der Waals surface area contributed by atoms with Crippen molar-refractivity contribution in [1.29, 1.82) is 0 Å². The first-order chi connectivity index (χ1) is 16.3. The van der Waals surface area contributed by atoms with Gasteiger partial charge in [-0.3, -0.25) is 14.4 Å². The van der Waals surface area contributed by atoms with Gasteiger partial charge in [0.05, 0.1) is 23.0 Å². The predicted octanol–water partition coefficient (Wildman–Crippen LogP) is 3.50. The summed E-state index contributed by atoms with van der Waals surface area (Å²) in [4.78, 5) is 35.9. The zero-order valence-electron chi connectivity index (χ0n) is 18.8. The van der Waals surface area contributed by atoms with Crippen molar-refractivity contribution in [2.24, 2.45) is 5.10 Å². The summed E-state index contributed by atoms with van der Waals surface area (Å²) >= 11 is 9.39. The second-order valence-electron chi connectivity index (χ2n) is 7.23. The van der Waals surface area contributed by atoms with Crippen LogP contribution in [0.5, 0.6) is 5.75 Å². The summed E-state index contributed by atoms with van der Waals surface area (Å²) in [5, 5.41) is 9.38. The normalized spacial score (nSPS) is 10.9. The number of hydrogen-bond donors (Lipinski definition) is 3. The van der Waals surface area contributed by atoms with E-state index in [9.17, 15) is 14.4 Å². The number of hydrazone groups is 1. The van der Waals surface area contributed by atoms with Crippen molar-refractivity contribution in [2.75, 3.05) is 25.1 Å². The van der Waals surface area contributed by atoms with E-state index in [1.165, 1.54) is 6.21 Å². The zero-order chi connectivity index (χ0) is 24.9. The molecule has 2 rings (SSSR count). The molecule has 3 N–H and O–H groups in total. The van der Waals surface area contributed by atoms with E-state index in [-0.39, 0.29) is 12.7 Å². The molecular weight excluding hydrogens is 528 g/mol. The minimum atomic E-state index is -0.905. The van der Waals surface area contributed by atoms with Gasteiger partial charge >= 0.3 is 11.8 Å². The first-order valence-corrected chi connectivity index (χ1v) is 11.6. The maximum Gasteiger partial charge on any atom is 0.329 e. The number of hydrogen-bond acceptors (Lipinski definition) is 6. The molecule has 0 heterocycles. The first-order valence-electron chi connectivity index (χ1n) is 10.5. The highest BCUT2D eigenvalue weighted by Gasteiger charge is 2.12. The average Bonchev–Trinajstić information content (AvgIpc) is 2.79. The Labute approximate surface area is 211 Å². The number of para-hydroxylation sites is 1. The lowest BCUT2D eigenvalue weighted by molar-refractivity contribution is -0.139. The molecule has 3 amide bonds. The number of rotatable bonds is 11. The molecule has 182 valence electrons. The van der Waals surface area contributed by atoms with Gasteiger partial charge in [-0.2, -0.15) is 5.10 Å². The molecule has 0 spiro atoms. The van der Waals surface area contributed by atoms with E-state index in [0.29, 0.717) is 41.6 Å². The molecule has 0 saturated carbocycles. The highest BCUT2D eigenvalue weighted by molar-refractivity contribution is 9.10. The van der Waals surface area contributed by atoms with Gasteiger partial charge in [0, 0.05) is 23.2 Å². The largest absolute Gasteiger partial charge is 0.483 e. The number of nitrogens with zero attached hydrogens (tertiary/aromatic N) is 1. The van der Waals surface area contributed by atoms with Crippen molar-refractivity contribution >= 4 is 57.2 Å². The number of nitrogens with one attached hydrogen (secondary N) is 3. The van der Waals surface area contributed by atoms with E-state index in [1.54, 1.807) is 42.5 Å².